The van der Waals surface area contributed by atoms with Gasteiger partial charge in [0.15, 0.2) is 11.0 Å². The Morgan fingerprint density at radius 2 is 1.78 bits per heavy atom. The molecule has 162 valence electrons. The van der Waals surface area contributed by atoms with E-state index in [-0.39, 0.29) is 11.6 Å². The maximum absolute atomic E-state index is 13.9. The molecule has 0 aliphatic rings. The molecule has 4 aromatic rings. The van der Waals surface area contributed by atoms with Crippen LogP contribution in [0.5, 0.6) is 0 Å². The Hall–Kier alpha value is -3.52. The van der Waals surface area contributed by atoms with E-state index in [0.29, 0.717) is 11.0 Å². The first-order valence-corrected chi connectivity index (χ1v) is 11.0. The lowest BCUT2D eigenvalue weighted by atomic mass is 10.1. The average Bonchev–Trinajstić information content (AvgIpc) is 3.21. The van der Waals surface area contributed by atoms with Gasteiger partial charge in [0, 0.05) is 18.0 Å². The van der Waals surface area contributed by atoms with Crippen LogP contribution in [-0.4, -0.2) is 30.9 Å². The van der Waals surface area contributed by atoms with Crippen molar-refractivity contribution in [1.29, 1.82) is 0 Å². The number of nitrogens with one attached hydrogen (secondary N) is 1. The lowest BCUT2D eigenvalue weighted by molar-refractivity contribution is -0.115. The second-order valence-electron chi connectivity index (χ2n) is 7.38. The van der Waals surface area contributed by atoms with Crippen molar-refractivity contribution >= 4 is 23.4 Å². The second-order valence-corrected chi connectivity index (χ2v) is 8.68. The number of aryl methyl sites for hydroxylation is 2. The molecule has 1 unspecified atom stereocenters. The molecule has 2 aromatic heterocycles. The number of hydrogen-bond donors (Lipinski definition) is 1. The molecule has 8 heteroatoms. The van der Waals surface area contributed by atoms with Gasteiger partial charge in [0.1, 0.15) is 5.82 Å². The summed E-state index contributed by atoms with van der Waals surface area (Å²) in [7, 11) is 0. The van der Waals surface area contributed by atoms with Gasteiger partial charge < -0.3 is 5.32 Å². The third-order valence-corrected chi connectivity index (χ3v) is 6.15. The smallest absolute Gasteiger partial charge is 0.237 e. The first-order chi connectivity index (χ1) is 15.4. The monoisotopic (exact) mass is 447 g/mol. The lowest BCUT2D eigenvalue weighted by Gasteiger charge is -2.15. The maximum Gasteiger partial charge on any atom is 0.237 e. The standard InChI is InChI=1S/C24H22FN5OS/c1-15-8-9-19(14-16(15)2)30-22(18-10-12-26-13-11-18)28-29-24(30)32-17(3)23(31)27-21-7-5-4-6-20(21)25/h4-14,17H,1-3H3,(H,27,31). The van der Waals surface area contributed by atoms with Gasteiger partial charge in [0.05, 0.1) is 16.6 Å². The Morgan fingerprint density at radius 1 is 1.03 bits per heavy atom. The number of carbonyl (C=O) groups excluding carboxylic acids is 1. The van der Waals surface area contributed by atoms with E-state index in [1.54, 1.807) is 31.5 Å². The van der Waals surface area contributed by atoms with Crippen LogP contribution in [0, 0.1) is 19.7 Å². The SMILES string of the molecule is Cc1ccc(-n2c(SC(C)C(=O)Nc3ccccc3F)nnc2-c2ccncc2)cc1C. The molecule has 0 aliphatic carbocycles. The molecule has 0 fully saturated rings. The van der Waals surface area contributed by atoms with Crippen LogP contribution in [0.3, 0.4) is 0 Å². The Bertz CT molecular complexity index is 1260. The van der Waals surface area contributed by atoms with E-state index in [4.69, 9.17) is 0 Å². The van der Waals surface area contributed by atoms with Crippen molar-refractivity contribution in [1.82, 2.24) is 19.7 Å². The van der Waals surface area contributed by atoms with Gasteiger partial charge in [-0.05, 0) is 68.3 Å². The molecular weight excluding hydrogens is 425 g/mol. The Kier molecular flexibility index (Phi) is 6.32. The summed E-state index contributed by atoms with van der Waals surface area (Å²) in [5.74, 6) is -0.142. The number of halogens is 1. The second kappa shape index (κ2) is 9.32. The van der Waals surface area contributed by atoms with Gasteiger partial charge in [0.25, 0.3) is 0 Å². The summed E-state index contributed by atoms with van der Waals surface area (Å²) >= 11 is 1.26. The topological polar surface area (TPSA) is 72.7 Å². The van der Waals surface area contributed by atoms with Gasteiger partial charge >= 0.3 is 0 Å². The highest BCUT2D eigenvalue weighted by Gasteiger charge is 2.22. The van der Waals surface area contributed by atoms with Gasteiger partial charge in [-0.15, -0.1) is 10.2 Å². The van der Waals surface area contributed by atoms with Gasteiger partial charge in [-0.3, -0.25) is 14.3 Å². The number of rotatable bonds is 6. The number of benzene rings is 2. The number of anilines is 1. The van der Waals surface area contributed by atoms with Crippen LogP contribution < -0.4 is 5.32 Å². The summed E-state index contributed by atoms with van der Waals surface area (Å²) in [6.45, 7) is 5.86. The van der Waals surface area contributed by atoms with E-state index < -0.39 is 11.1 Å². The van der Waals surface area contributed by atoms with Crippen LogP contribution >= 0.6 is 11.8 Å². The van der Waals surface area contributed by atoms with Crippen molar-refractivity contribution < 1.29 is 9.18 Å². The molecule has 0 saturated heterocycles. The summed E-state index contributed by atoms with van der Waals surface area (Å²) in [5, 5.41) is 11.4. The number of carbonyl (C=O) groups is 1. The van der Waals surface area contributed by atoms with Crippen LogP contribution in [0.25, 0.3) is 17.1 Å². The minimum Gasteiger partial charge on any atom is -0.323 e. The molecule has 2 aromatic carbocycles. The molecule has 2 heterocycles. The zero-order valence-corrected chi connectivity index (χ0v) is 18.7. The van der Waals surface area contributed by atoms with Crippen LogP contribution in [0.2, 0.25) is 0 Å². The van der Waals surface area contributed by atoms with Gasteiger partial charge in [-0.2, -0.15) is 0 Å². The first kappa shape index (κ1) is 21.7. The zero-order valence-electron chi connectivity index (χ0n) is 17.9. The predicted octanol–water partition coefficient (Wildman–Crippen LogP) is 5.20. The third kappa shape index (κ3) is 4.55. The number of para-hydroxylation sites is 1. The van der Waals surface area contributed by atoms with E-state index in [1.165, 1.54) is 29.5 Å². The third-order valence-electron chi connectivity index (χ3n) is 5.10. The summed E-state index contributed by atoms with van der Waals surface area (Å²) in [6.07, 6.45) is 3.40. The highest BCUT2D eigenvalue weighted by Crippen LogP contribution is 2.31. The summed E-state index contributed by atoms with van der Waals surface area (Å²) in [4.78, 5) is 16.8. The summed E-state index contributed by atoms with van der Waals surface area (Å²) < 4.78 is 15.9. The van der Waals surface area contributed by atoms with E-state index in [1.807, 2.05) is 35.8 Å². The van der Waals surface area contributed by atoms with Crippen molar-refractivity contribution in [3.63, 3.8) is 0 Å². The average molecular weight is 448 g/mol. The fourth-order valence-electron chi connectivity index (χ4n) is 3.14. The number of hydrogen-bond acceptors (Lipinski definition) is 5. The Morgan fingerprint density at radius 3 is 2.50 bits per heavy atom. The van der Waals surface area contributed by atoms with E-state index in [2.05, 4.69) is 33.5 Å². The van der Waals surface area contributed by atoms with E-state index >= 15 is 0 Å². The summed E-state index contributed by atoms with van der Waals surface area (Å²) in [6, 6.07) is 15.9. The Labute approximate surface area is 189 Å². The minimum atomic E-state index is -0.533. The van der Waals surface area contributed by atoms with Crippen LogP contribution in [0.15, 0.2) is 72.1 Å². The molecule has 6 nitrogen and oxygen atoms in total. The van der Waals surface area contributed by atoms with E-state index in [0.717, 1.165) is 16.8 Å². The van der Waals surface area contributed by atoms with Gasteiger partial charge in [-0.1, -0.05) is 30.0 Å². The first-order valence-electron chi connectivity index (χ1n) is 10.1. The number of thioether (sulfide) groups is 1. The van der Waals surface area contributed by atoms with Gasteiger partial charge in [-0.25, -0.2) is 4.39 Å². The highest BCUT2D eigenvalue weighted by molar-refractivity contribution is 8.00. The number of aromatic nitrogens is 4. The predicted molar refractivity (Wildman–Crippen MR) is 124 cm³/mol. The molecule has 1 atom stereocenters. The van der Waals surface area contributed by atoms with Gasteiger partial charge in [0.2, 0.25) is 5.91 Å². The van der Waals surface area contributed by atoms with E-state index in [9.17, 15) is 9.18 Å². The molecule has 4 rings (SSSR count). The fourth-order valence-corrected chi connectivity index (χ4v) is 4.01. The van der Waals surface area contributed by atoms with Crippen molar-refractivity contribution in [2.75, 3.05) is 5.32 Å². The van der Waals surface area contributed by atoms with Crippen LogP contribution in [-0.2, 0) is 4.79 Å². The van der Waals surface area contributed by atoms with Crippen molar-refractivity contribution in [2.45, 2.75) is 31.2 Å². The van der Waals surface area contributed by atoms with Crippen molar-refractivity contribution in [2.24, 2.45) is 0 Å². The molecule has 1 N–H and O–H groups in total. The number of amides is 1. The normalized spacial score (nSPS) is 11.9. The minimum absolute atomic E-state index is 0.151. The molecule has 0 bridgehead atoms. The molecule has 1 amide bonds. The molecular formula is C24H22FN5OS. The zero-order chi connectivity index (χ0) is 22.7. The molecule has 0 radical (unpaired) electrons. The number of nitrogens with zero attached hydrogens (tertiary/aromatic N) is 4. The molecule has 0 aliphatic heterocycles. The lowest BCUT2D eigenvalue weighted by Crippen LogP contribution is -2.23. The van der Waals surface area contributed by atoms with Crippen molar-refractivity contribution in [3.05, 3.63) is 83.9 Å². The number of pyridine rings is 1. The highest BCUT2D eigenvalue weighted by atomic mass is 32.2. The molecule has 32 heavy (non-hydrogen) atoms. The quantitative estimate of drug-likeness (QED) is 0.411. The Balaban J connectivity index is 1.68. The van der Waals surface area contributed by atoms with Crippen LogP contribution in [0.1, 0.15) is 18.1 Å². The van der Waals surface area contributed by atoms with Crippen LogP contribution in [0.4, 0.5) is 10.1 Å². The summed E-state index contributed by atoms with van der Waals surface area (Å²) in [5.41, 5.74) is 4.23. The largest absolute Gasteiger partial charge is 0.323 e. The molecule has 0 spiro atoms. The van der Waals surface area contributed by atoms with Crippen molar-refractivity contribution in [3.8, 4) is 17.1 Å². The molecule has 0 saturated carbocycles. The maximum atomic E-state index is 13.9. The fraction of sp³-hybridized carbons (Fsp3) is 0.167.